The van der Waals surface area contributed by atoms with E-state index in [9.17, 15) is 9.59 Å². The number of amides is 1. The third kappa shape index (κ3) is 2.95. The Morgan fingerprint density at radius 2 is 2.29 bits per heavy atom. The summed E-state index contributed by atoms with van der Waals surface area (Å²) in [4.78, 5) is 24.1. The molecular weight excluding hydrogens is 288 g/mol. The molecule has 0 aliphatic carbocycles. The lowest BCUT2D eigenvalue weighted by molar-refractivity contribution is -0.143. The van der Waals surface area contributed by atoms with Gasteiger partial charge in [-0.3, -0.25) is 9.59 Å². The van der Waals surface area contributed by atoms with Crippen LogP contribution in [0.5, 0.6) is 0 Å². The number of carbonyl (C=O) groups excluding carboxylic acids is 2. The number of rotatable bonds is 3. The van der Waals surface area contributed by atoms with Crippen LogP contribution in [0.4, 0.5) is 0 Å². The van der Waals surface area contributed by atoms with Gasteiger partial charge in [0, 0.05) is 35.5 Å². The number of benzene rings is 1. The third-order valence-electron chi connectivity index (χ3n) is 3.54. The molecule has 0 saturated heterocycles. The van der Waals surface area contributed by atoms with Gasteiger partial charge in [0.15, 0.2) is 0 Å². The molecule has 3 rings (SSSR count). The summed E-state index contributed by atoms with van der Waals surface area (Å²) >= 11 is 1.78. The van der Waals surface area contributed by atoms with E-state index in [4.69, 9.17) is 4.74 Å². The van der Waals surface area contributed by atoms with Gasteiger partial charge in [0.2, 0.25) is 5.91 Å². The summed E-state index contributed by atoms with van der Waals surface area (Å²) in [5.41, 5.74) is 2.09. The molecule has 2 heterocycles. The molecule has 1 aromatic rings. The van der Waals surface area contributed by atoms with Gasteiger partial charge in [-0.25, -0.2) is 5.01 Å². The molecule has 0 bridgehead atoms. The van der Waals surface area contributed by atoms with Crippen molar-refractivity contribution in [1.29, 1.82) is 0 Å². The monoisotopic (exact) mass is 304 g/mol. The maximum atomic E-state index is 12.1. The minimum absolute atomic E-state index is 0.00381. The second-order valence-corrected chi connectivity index (χ2v) is 6.11. The predicted molar refractivity (Wildman–Crippen MR) is 80.2 cm³/mol. The molecule has 1 amide bonds. The Bertz CT molecular complexity index is 615. The van der Waals surface area contributed by atoms with E-state index in [1.54, 1.807) is 11.8 Å². The molecule has 0 fully saturated rings. The van der Waals surface area contributed by atoms with Crippen LogP contribution in [-0.2, 0) is 14.3 Å². The van der Waals surface area contributed by atoms with E-state index in [0.29, 0.717) is 13.0 Å². The molecule has 1 aromatic carbocycles. The number of carbonyl (C=O) groups is 2. The van der Waals surface area contributed by atoms with Crippen molar-refractivity contribution in [2.75, 3.05) is 18.9 Å². The molecule has 5 nitrogen and oxygen atoms in total. The molecule has 1 atom stereocenters. The average Bonchev–Trinajstić information content (AvgIpc) is 2.47. The van der Waals surface area contributed by atoms with Crippen LogP contribution in [-0.4, -0.2) is 41.5 Å². The second-order valence-electron chi connectivity index (χ2n) is 5.05. The summed E-state index contributed by atoms with van der Waals surface area (Å²) < 4.78 is 4.89. The van der Waals surface area contributed by atoms with E-state index in [1.807, 2.05) is 18.2 Å². The Morgan fingerprint density at radius 3 is 3.10 bits per heavy atom. The summed E-state index contributed by atoms with van der Waals surface area (Å²) in [6.07, 6.45) is 0.472. The van der Waals surface area contributed by atoms with Crippen LogP contribution >= 0.6 is 11.8 Å². The van der Waals surface area contributed by atoms with E-state index in [2.05, 4.69) is 11.2 Å². The fraction of sp³-hybridized carbons (Fsp3) is 0.400. The number of nitrogens with zero attached hydrogens (tertiary/aromatic N) is 2. The van der Waals surface area contributed by atoms with Crippen LogP contribution in [0.15, 0.2) is 34.3 Å². The van der Waals surface area contributed by atoms with Gasteiger partial charge in [-0.15, -0.1) is 11.8 Å². The van der Waals surface area contributed by atoms with E-state index in [0.717, 1.165) is 17.0 Å². The summed E-state index contributed by atoms with van der Waals surface area (Å²) in [5, 5.41) is 5.95. The molecule has 0 radical (unpaired) electrons. The smallest absolute Gasteiger partial charge is 0.302 e. The average molecular weight is 304 g/mol. The zero-order valence-corrected chi connectivity index (χ0v) is 12.6. The summed E-state index contributed by atoms with van der Waals surface area (Å²) in [6.45, 7) is 1.84. The maximum absolute atomic E-state index is 12.1. The van der Waals surface area contributed by atoms with Gasteiger partial charge in [0.1, 0.15) is 6.61 Å². The van der Waals surface area contributed by atoms with Gasteiger partial charge < -0.3 is 4.74 Å². The van der Waals surface area contributed by atoms with Crippen LogP contribution < -0.4 is 0 Å². The number of hydrogen-bond donors (Lipinski definition) is 0. The second kappa shape index (κ2) is 5.89. The Balaban J connectivity index is 1.83. The lowest BCUT2D eigenvalue weighted by Gasteiger charge is -2.32. The van der Waals surface area contributed by atoms with E-state index in [-0.39, 0.29) is 24.4 Å². The SMILES string of the molecule is CC(=O)OCCN1N=C2c3ccccc3SCC2CC1=O. The first-order chi connectivity index (χ1) is 10.1. The highest BCUT2D eigenvalue weighted by atomic mass is 32.2. The standard InChI is InChI=1S/C15H16N2O3S/c1-10(18)20-7-6-17-14(19)8-11-9-21-13-5-3-2-4-12(13)15(11)16-17/h2-5,11H,6-9H2,1H3. The van der Waals surface area contributed by atoms with Gasteiger partial charge in [0.25, 0.3) is 0 Å². The van der Waals surface area contributed by atoms with Gasteiger partial charge in [0.05, 0.1) is 12.3 Å². The molecule has 2 aliphatic rings. The van der Waals surface area contributed by atoms with Crippen LogP contribution in [0.1, 0.15) is 18.9 Å². The number of fused-ring (bicyclic) bond motifs is 3. The normalized spacial score (nSPS) is 20.4. The maximum Gasteiger partial charge on any atom is 0.302 e. The Hall–Kier alpha value is -1.82. The molecule has 0 aromatic heterocycles. The predicted octanol–water partition coefficient (Wildman–Crippen LogP) is 1.91. The lowest BCUT2D eigenvalue weighted by Crippen LogP contribution is -2.41. The van der Waals surface area contributed by atoms with Crippen LogP contribution in [0.25, 0.3) is 0 Å². The van der Waals surface area contributed by atoms with Crippen molar-refractivity contribution >= 4 is 29.4 Å². The quantitative estimate of drug-likeness (QED) is 0.800. The number of ether oxygens (including phenoxy) is 1. The van der Waals surface area contributed by atoms with Crippen LogP contribution in [0.3, 0.4) is 0 Å². The summed E-state index contributed by atoms with van der Waals surface area (Å²) in [5.74, 6) is 0.724. The minimum atomic E-state index is -0.343. The number of esters is 1. The first-order valence-corrected chi connectivity index (χ1v) is 7.88. The van der Waals surface area contributed by atoms with Crippen LogP contribution in [0.2, 0.25) is 0 Å². The van der Waals surface area contributed by atoms with E-state index < -0.39 is 0 Å². The number of hydrogen-bond acceptors (Lipinski definition) is 5. The first-order valence-electron chi connectivity index (χ1n) is 6.89. The molecule has 6 heteroatoms. The molecule has 2 aliphatic heterocycles. The number of thioether (sulfide) groups is 1. The minimum Gasteiger partial charge on any atom is -0.464 e. The van der Waals surface area contributed by atoms with Crippen molar-refractivity contribution in [2.45, 2.75) is 18.2 Å². The Morgan fingerprint density at radius 1 is 1.48 bits per heavy atom. The van der Waals surface area contributed by atoms with Crippen LogP contribution in [0, 0.1) is 5.92 Å². The Labute approximate surface area is 127 Å². The van der Waals surface area contributed by atoms with Gasteiger partial charge in [-0.2, -0.15) is 5.10 Å². The highest BCUT2D eigenvalue weighted by Gasteiger charge is 2.34. The fourth-order valence-corrected chi connectivity index (χ4v) is 3.70. The topological polar surface area (TPSA) is 59.0 Å². The van der Waals surface area contributed by atoms with Crippen molar-refractivity contribution in [3.05, 3.63) is 29.8 Å². The van der Waals surface area contributed by atoms with Gasteiger partial charge >= 0.3 is 5.97 Å². The molecule has 0 saturated carbocycles. The van der Waals surface area contributed by atoms with E-state index >= 15 is 0 Å². The van der Waals surface area contributed by atoms with E-state index in [1.165, 1.54) is 16.8 Å². The molecule has 21 heavy (non-hydrogen) atoms. The summed E-state index contributed by atoms with van der Waals surface area (Å²) in [7, 11) is 0. The van der Waals surface area contributed by atoms with Crippen molar-refractivity contribution < 1.29 is 14.3 Å². The van der Waals surface area contributed by atoms with Gasteiger partial charge in [-0.05, 0) is 6.07 Å². The fourth-order valence-electron chi connectivity index (χ4n) is 2.54. The lowest BCUT2D eigenvalue weighted by atomic mass is 9.93. The Kier molecular flexibility index (Phi) is 3.96. The first kappa shape index (κ1) is 14.1. The molecule has 0 spiro atoms. The largest absolute Gasteiger partial charge is 0.464 e. The highest BCUT2D eigenvalue weighted by molar-refractivity contribution is 7.99. The zero-order valence-electron chi connectivity index (χ0n) is 11.7. The molecular formula is C15H16N2O3S. The molecule has 110 valence electrons. The number of hydrazone groups is 1. The third-order valence-corrected chi connectivity index (χ3v) is 4.77. The summed E-state index contributed by atoms with van der Waals surface area (Å²) in [6, 6.07) is 8.13. The van der Waals surface area contributed by atoms with Gasteiger partial charge in [-0.1, -0.05) is 18.2 Å². The van der Waals surface area contributed by atoms with Crippen molar-refractivity contribution in [3.63, 3.8) is 0 Å². The van der Waals surface area contributed by atoms with Crippen molar-refractivity contribution in [3.8, 4) is 0 Å². The van der Waals surface area contributed by atoms with Crippen molar-refractivity contribution in [1.82, 2.24) is 5.01 Å². The highest BCUT2D eigenvalue weighted by Crippen LogP contribution is 2.36. The molecule has 0 N–H and O–H groups in total. The zero-order chi connectivity index (χ0) is 14.8. The van der Waals surface area contributed by atoms with Crippen molar-refractivity contribution in [2.24, 2.45) is 11.0 Å². The molecule has 1 unspecified atom stereocenters.